The molecule has 0 N–H and O–H groups in total. The van der Waals surface area contributed by atoms with Crippen LogP contribution in [0, 0.1) is 12.8 Å². The van der Waals surface area contributed by atoms with Crippen LogP contribution in [0.25, 0.3) is 21.9 Å². The van der Waals surface area contributed by atoms with Gasteiger partial charge in [0.15, 0.2) is 0 Å². The Morgan fingerprint density at radius 2 is 1.56 bits per heavy atom. The summed E-state index contributed by atoms with van der Waals surface area (Å²) < 4.78 is 82.6. The van der Waals surface area contributed by atoms with E-state index in [4.69, 9.17) is 0 Å². The van der Waals surface area contributed by atoms with Crippen LogP contribution in [0.2, 0.25) is 0 Å². The second-order valence-corrected chi connectivity index (χ2v) is 10.4. The lowest BCUT2D eigenvalue weighted by molar-refractivity contribution is -0.143. The average molecular weight is 574 g/mol. The summed E-state index contributed by atoms with van der Waals surface area (Å²) in [4.78, 5) is 33.6. The molecule has 0 aliphatic carbocycles. The Hall–Kier alpha value is -4.15. The van der Waals surface area contributed by atoms with Crippen LogP contribution in [-0.4, -0.2) is 26.9 Å². The van der Waals surface area contributed by atoms with E-state index in [-0.39, 0.29) is 36.3 Å². The van der Waals surface area contributed by atoms with Crippen molar-refractivity contribution in [1.82, 2.24) is 14.5 Å². The van der Waals surface area contributed by atoms with Crippen LogP contribution in [0.1, 0.15) is 46.2 Å². The molecule has 2 aromatic heterocycles. The maximum Gasteiger partial charge on any atom is 0.416 e. The highest BCUT2D eigenvalue weighted by Gasteiger charge is 2.38. The van der Waals surface area contributed by atoms with Gasteiger partial charge in [-0.05, 0) is 54.7 Å². The van der Waals surface area contributed by atoms with E-state index in [9.17, 15) is 35.9 Å². The van der Waals surface area contributed by atoms with E-state index in [1.807, 2.05) is 6.92 Å². The molecule has 5 nitrogen and oxygen atoms in total. The van der Waals surface area contributed by atoms with Crippen molar-refractivity contribution in [3.63, 3.8) is 0 Å². The number of aromatic nitrogens is 2. The third kappa shape index (κ3) is 5.45. The fourth-order valence-electron chi connectivity index (χ4n) is 5.39. The predicted octanol–water partition coefficient (Wildman–Crippen LogP) is 7.09. The van der Waals surface area contributed by atoms with Gasteiger partial charge in [0.1, 0.15) is 5.69 Å². The second-order valence-electron chi connectivity index (χ2n) is 10.4. The lowest BCUT2D eigenvalue weighted by Crippen LogP contribution is -2.41. The zero-order valence-electron chi connectivity index (χ0n) is 22.1. The Balaban J connectivity index is 1.73. The first-order chi connectivity index (χ1) is 19.3. The molecular formula is C30H25F6N3O2. The highest BCUT2D eigenvalue weighted by Crippen LogP contribution is 2.38. The minimum atomic E-state index is -5.02. The van der Waals surface area contributed by atoms with Crippen molar-refractivity contribution in [3.05, 3.63) is 99.2 Å². The fourth-order valence-corrected chi connectivity index (χ4v) is 5.39. The molecule has 214 valence electrons. The largest absolute Gasteiger partial charge is 0.416 e. The Morgan fingerprint density at radius 3 is 2.17 bits per heavy atom. The second kappa shape index (κ2) is 10.4. The van der Waals surface area contributed by atoms with Crippen LogP contribution in [-0.2, 0) is 25.4 Å². The first-order valence-electron chi connectivity index (χ1n) is 12.9. The molecule has 0 radical (unpaired) electrons. The lowest BCUT2D eigenvalue weighted by Gasteiger charge is -2.32. The molecule has 1 atom stereocenters. The van der Waals surface area contributed by atoms with Crippen molar-refractivity contribution in [2.45, 2.75) is 45.7 Å². The van der Waals surface area contributed by atoms with E-state index in [0.29, 0.717) is 46.1 Å². The normalized spacial score (nSPS) is 16.4. The Morgan fingerprint density at radius 1 is 0.927 bits per heavy atom. The molecule has 4 aromatic rings. The van der Waals surface area contributed by atoms with Gasteiger partial charge in [-0.3, -0.25) is 14.6 Å². The maximum absolute atomic E-state index is 14.3. The highest BCUT2D eigenvalue weighted by atomic mass is 19.4. The minimum Gasteiger partial charge on any atom is -0.333 e. The third-order valence-electron chi connectivity index (χ3n) is 7.33. The van der Waals surface area contributed by atoms with Crippen LogP contribution in [0.15, 0.2) is 65.6 Å². The fraction of sp³-hybridized carbons (Fsp3) is 0.300. The van der Waals surface area contributed by atoms with Gasteiger partial charge >= 0.3 is 12.4 Å². The Kier molecular flexibility index (Phi) is 7.17. The van der Waals surface area contributed by atoms with Crippen molar-refractivity contribution in [2.24, 2.45) is 5.92 Å². The number of aryl methyl sites for hydroxylation is 1. The molecule has 0 spiro atoms. The van der Waals surface area contributed by atoms with E-state index in [0.717, 1.165) is 0 Å². The number of carbonyl (C=O) groups is 1. The van der Waals surface area contributed by atoms with Gasteiger partial charge < -0.3 is 9.47 Å². The van der Waals surface area contributed by atoms with E-state index in [1.54, 1.807) is 43.3 Å². The number of alkyl halides is 6. The first-order valence-corrected chi connectivity index (χ1v) is 12.9. The van der Waals surface area contributed by atoms with Crippen molar-refractivity contribution in [3.8, 4) is 11.1 Å². The summed E-state index contributed by atoms with van der Waals surface area (Å²) >= 11 is 0. The van der Waals surface area contributed by atoms with E-state index in [2.05, 4.69) is 4.98 Å². The van der Waals surface area contributed by atoms with Gasteiger partial charge in [-0.25, -0.2) is 0 Å². The summed E-state index contributed by atoms with van der Waals surface area (Å²) in [6.07, 6.45) is -8.06. The van der Waals surface area contributed by atoms with Gasteiger partial charge in [0.2, 0.25) is 0 Å². The Labute approximate surface area is 231 Å². The topological polar surface area (TPSA) is 55.2 Å². The molecule has 5 rings (SSSR count). The smallest absolute Gasteiger partial charge is 0.333 e. The van der Waals surface area contributed by atoms with Crippen LogP contribution in [0.4, 0.5) is 26.3 Å². The lowest BCUT2D eigenvalue weighted by atomic mass is 9.94. The molecule has 11 heteroatoms. The number of nitrogens with zero attached hydrogens (tertiary/aromatic N) is 3. The summed E-state index contributed by atoms with van der Waals surface area (Å²) in [6.45, 7) is 3.28. The highest BCUT2D eigenvalue weighted by molar-refractivity contribution is 6.08. The molecule has 0 saturated carbocycles. The number of fused-ring (bicyclic) bond motifs is 2. The molecule has 0 saturated heterocycles. The first kappa shape index (κ1) is 28.4. The number of benzene rings is 2. The van der Waals surface area contributed by atoms with Crippen LogP contribution in [0.5, 0.6) is 0 Å². The number of halogens is 6. The summed E-state index contributed by atoms with van der Waals surface area (Å²) in [5.41, 5.74) is -2.05. The number of pyridine rings is 2. The summed E-state index contributed by atoms with van der Waals surface area (Å²) in [7, 11) is 0. The van der Waals surface area contributed by atoms with Crippen molar-refractivity contribution in [1.29, 1.82) is 0 Å². The SMILES string of the molecule is Cc1nccc2c(-c3ccccc3)c3n(c(=O)c12)CCC(C)CN(Cc1cc(C(F)(F)F)cc(C(F)(F)F)c1)C3=O. The number of rotatable bonds is 3. The van der Waals surface area contributed by atoms with Gasteiger partial charge in [0.05, 0.1) is 22.2 Å². The van der Waals surface area contributed by atoms with Gasteiger partial charge in [-0.2, -0.15) is 26.3 Å². The zero-order valence-corrected chi connectivity index (χ0v) is 22.1. The van der Waals surface area contributed by atoms with Crippen LogP contribution >= 0.6 is 0 Å². The van der Waals surface area contributed by atoms with Gasteiger partial charge in [0.25, 0.3) is 11.5 Å². The summed E-state index contributed by atoms with van der Waals surface area (Å²) in [6, 6.07) is 11.8. The summed E-state index contributed by atoms with van der Waals surface area (Å²) in [5.74, 6) is -0.854. The van der Waals surface area contributed by atoms with Crippen molar-refractivity contribution < 1.29 is 31.1 Å². The zero-order chi connectivity index (χ0) is 29.7. The molecule has 1 aliphatic heterocycles. The maximum atomic E-state index is 14.3. The Bertz CT molecular complexity index is 1660. The monoisotopic (exact) mass is 573 g/mol. The minimum absolute atomic E-state index is 0.0363. The van der Waals surface area contributed by atoms with Crippen molar-refractivity contribution >= 4 is 16.7 Å². The van der Waals surface area contributed by atoms with E-state index < -0.39 is 41.5 Å². The quantitative estimate of drug-likeness (QED) is 0.246. The number of hydrogen-bond acceptors (Lipinski definition) is 3. The summed E-state index contributed by atoms with van der Waals surface area (Å²) in [5, 5.41) is 0.829. The average Bonchev–Trinajstić information content (AvgIpc) is 2.90. The number of carbonyl (C=O) groups excluding carboxylic acids is 1. The molecule has 3 heterocycles. The molecule has 1 unspecified atom stereocenters. The van der Waals surface area contributed by atoms with Crippen LogP contribution in [0.3, 0.4) is 0 Å². The molecule has 0 bridgehead atoms. The van der Waals surface area contributed by atoms with Gasteiger partial charge in [0, 0.05) is 36.8 Å². The third-order valence-corrected chi connectivity index (χ3v) is 7.33. The molecule has 41 heavy (non-hydrogen) atoms. The van der Waals surface area contributed by atoms with E-state index >= 15 is 0 Å². The molecular weight excluding hydrogens is 548 g/mol. The van der Waals surface area contributed by atoms with Gasteiger partial charge in [-0.1, -0.05) is 37.3 Å². The number of amides is 1. The predicted molar refractivity (Wildman–Crippen MR) is 141 cm³/mol. The molecule has 1 amide bonds. The van der Waals surface area contributed by atoms with Gasteiger partial charge in [-0.15, -0.1) is 0 Å². The van der Waals surface area contributed by atoms with Crippen molar-refractivity contribution in [2.75, 3.05) is 6.54 Å². The molecule has 1 aliphatic rings. The number of hydrogen-bond donors (Lipinski definition) is 0. The van der Waals surface area contributed by atoms with E-state index in [1.165, 1.54) is 15.7 Å². The standard InChI is InChI=1S/C30H25F6N3O2/c1-17-9-11-39-26(25(20-6-4-3-5-7-20)23-8-10-37-18(2)24(23)27(39)40)28(41)38(15-17)16-19-12-21(29(31,32)33)14-22(13-19)30(34,35)36/h3-8,10,12-14,17H,9,11,15-16H2,1-2H3. The van der Waals surface area contributed by atoms with Crippen LogP contribution < -0.4 is 5.56 Å². The molecule has 2 aromatic carbocycles. The molecule has 0 fully saturated rings.